The third-order valence-corrected chi connectivity index (χ3v) is 5.35. The Morgan fingerprint density at radius 3 is 2.28 bits per heavy atom. The van der Waals surface area contributed by atoms with Gasteiger partial charge in [-0.2, -0.15) is 0 Å². The third-order valence-electron chi connectivity index (χ3n) is 4.52. The summed E-state index contributed by atoms with van der Waals surface area (Å²) < 4.78 is 0. The Kier molecular flexibility index (Phi) is 6.00. The van der Waals surface area contributed by atoms with Crippen LogP contribution in [0.1, 0.15) is 64.2 Å². The van der Waals surface area contributed by atoms with Crippen molar-refractivity contribution in [3.8, 4) is 0 Å². The fourth-order valence-corrected chi connectivity index (χ4v) is 4.10. The average Bonchev–Trinajstić information content (AvgIpc) is 2.72. The van der Waals surface area contributed by atoms with Gasteiger partial charge in [-0.25, -0.2) is 0 Å². The summed E-state index contributed by atoms with van der Waals surface area (Å²) in [7, 11) is 0. The van der Waals surface area contributed by atoms with E-state index in [-0.39, 0.29) is 0 Å². The molecule has 2 nitrogen and oxygen atoms in total. The number of rotatable bonds is 3. The topological polar surface area (TPSA) is 29.1 Å². The van der Waals surface area contributed by atoms with Gasteiger partial charge in [0.1, 0.15) is 0 Å². The van der Waals surface area contributed by atoms with Crippen LogP contribution in [0.3, 0.4) is 0 Å². The standard InChI is InChI=1S/C15H26BrNO/c16-14-9-8-12(10-14)11-17-15(18)13-6-4-2-1-3-5-7-13/h12-14H,1-11H2,(H,17,18). The second kappa shape index (κ2) is 7.52. The lowest BCUT2D eigenvalue weighted by Crippen LogP contribution is -2.34. The molecular formula is C15H26BrNO. The molecule has 3 heteroatoms. The summed E-state index contributed by atoms with van der Waals surface area (Å²) >= 11 is 3.67. The van der Waals surface area contributed by atoms with E-state index in [2.05, 4.69) is 21.2 Å². The van der Waals surface area contributed by atoms with E-state index in [0.717, 1.165) is 19.4 Å². The number of carbonyl (C=O) groups is 1. The van der Waals surface area contributed by atoms with Crippen LogP contribution in [-0.2, 0) is 4.79 Å². The Morgan fingerprint density at radius 2 is 1.67 bits per heavy atom. The van der Waals surface area contributed by atoms with E-state index in [4.69, 9.17) is 0 Å². The SMILES string of the molecule is O=C(NCC1CCC(Br)C1)C1CCCCCCC1. The Morgan fingerprint density at radius 1 is 1.00 bits per heavy atom. The molecule has 2 rings (SSSR count). The largest absolute Gasteiger partial charge is 0.356 e. The van der Waals surface area contributed by atoms with Crippen LogP contribution in [0.15, 0.2) is 0 Å². The highest BCUT2D eigenvalue weighted by Crippen LogP contribution is 2.30. The second-order valence-corrected chi connectivity index (χ2v) is 7.36. The van der Waals surface area contributed by atoms with Crippen molar-refractivity contribution in [2.24, 2.45) is 11.8 Å². The van der Waals surface area contributed by atoms with Crippen LogP contribution >= 0.6 is 15.9 Å². The maximum Gasteiger partial charge on any atom is 0.223 e. The highest BCUT2D eigenvalue weighted by molar-refractivity contribution is 9.09. The molecule has 104 valence electrons. The Labute approximate surface area is 119 Å². The lowest BCUT2D eigenvalue weighted by atomic mass is 9.90. The van der Waals surface area contributed by atoms with Crippen LogP contribution in [0.4, 0.5) is 0 Å². The van der Waals surface area contributed by atoms with E-state index < -0.39 is 0 Å². The van der Waals surface area contributed by atoms with Crippen LogP contribution in [0.2, 0.25) is 0 Å². The van der Waals surface area contributed by atoms with Gasteiger partial charge in [-0.1, -0.05) is 48.0 Å². The molecule has 2 aliphatic rings. The van der Waals surface area contributed by atoms with Gasteiger partial charge in [0.2, 0.25) is 5.91 Å². The first kappa shape index (κ1) is 14.4. The summed E-state index contributed by atoms with van der Waals surface area (Å²) in [5.41, 5.74) is 0. The molecule has 0 bridgehead atoms. The van der Waals surface area contributed by atoms with Crippen molar-refractivity contribution >= 4 is 21.8 Å². The molecule has 0 radical (unpaired) electrons. The molecule has 0 aromatic carbocycles. The van der Waals surface area contributed by atoms with Crippen molar-refractivity contribution in [3.05, 3.63) is 0 Å². The van der Waals surface area contributed by atoms with E-state index in [9.17, 15) is 4.79 Å². The van der Waals surface area contributed by atoms with Crippen LogP contribution in [-0.4, -0.2) is 17.3 Å². The zero-order valence-corrected chi connectivity index (χ0v) is 12.9. The van der Waals surface area contributed by atoms with Gasteiger partial charge in [0.15, 0.2) is 0 Å². The number of halogens is 1. The summed E-state index contributed by atoms with van der Waals surface area (Å²) in [4.78, 5) is 12.9. The average molecular weight is 316 g/mol. The molecule has 1 amide bonds. The van der Waals surface area contributed by atoms with Gasteiger partial charge in [0.25, 0.3) is 0 Å². The van der Waals surface area contributed by atoms with Crippen molar-refractivity contribution in [2.45, 2.75) is 69.0 Å². The van der Waals surface area contributed by atoms with E-state index in [1.807, 2.05) is 0 Å². The van der Waals surface area contributed by atoms with Crippen molar-refractivity contribution in [1.29, 1.82) is 0 Å². The van der Waals surface area contributed by atoms with Crippen LogP contribution in [0.25, 0.3) is 0 Å². The Balaban J connectivity index is 1.69. The lowest BCUT2D eigenvalue weighted by molar-refractivity contribution is -0.125. The fourth-order valence-electron chi connectivity index (χ4n) is 3.31. The smallest absolute Gasteiger partial charge is 0.223 e. The van der Waals surface area contributed by atoms with Crippen LogP contribution < -0.4 is 5.32 Å². The summed E-state index contributed by atoms with van der Waals surface area (Å²) in [5.74, 6) is 1.33. The maximum absolute atomic E-state index is 12.2. The molecule has 2 atom stereocenters. The molecule has 0 aliphatic heterocycles. The van der Waals surface area contributed by atoms with Gasteiger partial charge >= 0.3 is 0 Å². The zero-order valence-electron chi connectivity index (χ0n) is 11.3. The van der Waals surface area contributed by atoms with Crippen molar-refractivity contribution in [1.82, 2.24) is 5.32 Å². The number of hydrogen-bond donors (Lipinski definition) is 1. The fraction of sp³-hybridized carbons (Fsp3) is 0.933. The quantitative estimate of drug-likeness (QED) is 0.783. The minimum atomic E-state index is 0.298. The van der Waals surface area contributed by atoms with Gasteiger partial charge < -0.3 is 5.32 Å². The van der Waals surface area contributed by atoms with Crippen molar-refractivity contribution in [2.75, 3.05) is 6.54 Å². The van der Waals surface area contributed by atoms with Gasteiger partial charge in [-0.15, -0.1) is 0 Å². The monoisotopic (exact) mass is 315 g/mol. The van der Waals surface area contributed by atoms with E-state index in [1.165, 1.54) is 51.4 Å². The van der Waals surface area contributed by atoms with E-state index in [0.29, 0.717) is 22.6 Å². The second-order valence-electron chi connectivity index (χ2n) is 6.06. The van der Waals surface area contributed by atoms with Crippen molar-refractivity contribution < 1.29 is 4.79 Å². The van der Waals surface area contributed by atoms with Gasteiger partial charge in [0.05, 0.1) is 0 Å². The Bertz CT molecular complexity index is 261. The molecule has 18 heavy (non-hydrogen) atoms. The number of amides is 1. The predicted molar refractivity (Wildman–Crippen MR) is 78.9 cm³/mol. The number of nitrogens with one attached hydrogen (secondary N) is 1. The molecule has 0 spiro atoms. The normalized spacial score (nSPS) is 30.7. The molecule has 0 saturated heterocycles. The molecule has 0 aromatic heterocycles. The molecule has 2 aliphatic carbocycles. The number of hydrogen-bond acceptors (Lipinski definition) is 1. The summed E-state index contributed by atoms with van der Waals surface area (Å²) in [5, 5.41) is 3.20. The third kappa shape index (κ3) is 4.56. The molecule has 0 heterocycles. The predicted octanol–water partition coefficient (Wildman–Crippen LogP) is 4.03. The molecule has 2 saturated carbocycles. The van der Waals surface area contributed by atoms with E-state index in [1.54, 1.807) is 0 Å². The number of carbonyl (C=O) groups excluding carboxylic acids is 1. The van der Waals surface area contributed by atoms with Gasteiger partial charge in [-0.05, 0) is 38.0 Å². The highest BCUT2D eigenvalue weighted by atomic mass is 79.9. The summed E-state index contributed by atoms with van der Waals surface area (Å²) in [6.07, 6.45) is 12.5. The summed E-state index contributed by atoms with van der Waals surface area (Å²) in [6, 6.07) is 0. The molecule has 2 fully saturated rings. The first-order valence-electron chi connectivity index (χ1n) is 7.67. The lowest BCUT2D eigenvalue weighted by Gasteiger charge is -2.20. The first-order valence-corrected chi connectivity index (χ1v) is 8.59. The van der Waals surface area contributed by atoms with Crippen LogP contribution in [0.5, 0.6) is 0 Å². The zero-order chi connectivity index (χ0) is 12.8. The highest BCUT2D eigenvalue weighted by Gasteiger charge is 2.24. The molecule has 1 N–H and O–H groups in total. The first-order chi connectivity index (χ1) is 8.75. The van der Waals surface area contributed by atoms with E-state index >= 15 is 0 Å². The van der Waals surface area contributed by atoms with Crippen LogP contribution in [0, 0.1) is 11.8 Å². The minimum absolute atomic E-state index is 0.298. The minimum Gasteiger partial charge on any atom is -0.356 e. The summed E-state index contributed by atoms with van der Waals surface area (Å²) in [6.45, 7) is 0.900. The van der Waals surface area contributed by atoms with Crippen molar-refractivity contribution in [3.63, 3.8) is 0 Å². The molecular weight excluding hydrogens is 290 g/mol. The number of alkyl halides is 1. The van der Waals surface area contributed by atoms with Gasteiger partial charge in [0, 0.05) is 17.3 Å². The molecule has 0 aromatic rings. The Hall–Kier alpha value is -0.0500. The molecule has 2 unspecified atom stereocenters. The maximum atomic E-state index is 12.2. The van der Waals surface area contributed by atoms with Gasteiger partial charge in [-0.3, -0.25) is 4.79 Å².